The van der Waals surface area contributed by atoms with Crippen molar-refractivity contribution >= 4 is 24.0 Å². The molecule has 0 aromatic heterocycles. The Balaban J connectivity index is 0.00000256. The van der Waals surface area contributed by atoms with Crippen LogP contribution in [0.4, 0.5) is 5.69 Å². The summed E-state index contributed by atoms with van der Waals surface area (Å²) in [6.45, 7) is 7.93. The number of amides is 1. The van der Waals surface area contributed by atoms with Gasteiger partial charge in [0.15, 0.2) is 0 Å². The minimum absolute atomic E-state index is 0. The summed E-state index contributed by atoms with van der Waals surface area (Å²) >= 11 is 0. The van der Waals surface area contributed by atoms with Gasteiger partial charge in [-0.1, -0.05) is 24.6 Å². The van der Waals surface area contributed by atoms with Crippen molar-refractivity contribution in [3.63, 3.8) is 0 Å². The molecule has 0 saturated heterocycles. The first-order chi connectivity index (χ1) is 7.45. The smallest absolute Gasteiger partial charge is 0.241 e. The number of carbonyl (C=O) groups excluding carboxylic acids is 1. The lowest BCUT2D eigenvalue weighted by atomic mass is 10.0. The Morgan fingerprint density at radius 3 is 2.18 bits per heavy atom. The highest BCUT2D eigenvalue weighted by atomic mass is 35.5. The van der Waals surface area contributed by atoms with Crippen molar-refractivity contribution < 1.29 is 4.79 Å². The van der Waals surface area contributed by atoms with E-state index in [2.05, 4.69) is 17.4 Å². The van der Waals surface area contributed by atoms with Crippen molar-refractivity contribution in [2.45, 2.75) is 40.2 Å². The number of nitrogens with one attached hydrogen (secondary N) is 1. The molecule has 1 rings (SSSR count). The zero-order valence-electron chi connectivity index (χ0n) is 10.8. The summed E-state index contributed by atoms with van der Waals surface area (Å²) in [6.07, 6.45) is 0.649. The van der Waals surface area contributed by atoms with Crippen molar-refractivity contribution in [1.82, 2.24) is 0 Å². The highest BCUT2D eigenvalue weighted by molar-refractivity contribution is 5.96. The van der Waals surface area contributed by atoms with Gasteiger partial charge in [-0.25, -0.2) is 0 Å². The summed E-state index contributed by atoms with van der Waals surface area (Å²) in [4.78, 5) is 11.7. The Labute approximate surface area is 109 Å². The highest BCUT2D eigenvalue weighted by Gasteiger charge is 2.13. The Morgan fingerprint density at radius 2 is 1.76 bits per heavy atom. The molecule has 1 aromatic rings. The number of benzene rings is 1. The lowest BCUT2D eigenvalue weighted by molar-refractivity contribution is -0.117. The van der Waals surface area contributed by atoms with E-state index in [-0.39, 0.29) is 18.3 Å². The van der Waals surface area contributed by atoms with E-state index in [0.717, 1.165) is 16.8 Å². The molecular formula is C13H21ClN2O. The Kier molecular flexibility index (Phi) is 6.21. The fourth-order valence-corrected chi connectivity index (χ4v) is 1.78. The van der Waals surface area contributed by atoms with Crippen molar-refractivity contribution in [3.8, 4) is 0 Å². The molecule has 0 spiro atoms. The van der Waals surface area contributed by atoms with E-state index in [1.165, 1.54) is 5.56 Å². The number of anilines is 1. The maximum atomic E-state index is 11.7. The van der Waals surface area contributed by atoms with Gasteiger partial charge >= 0.3 is 0 Å². The topological polar surface area (TPSA) is 55.1 Å². The number of carbonyl (C=O) groups is 1. The molecule has 4 heteroatoms. The minimum Gasteiger partial charge on any atom is -0.324 e. The molecule has 1 amide bonds. The summed E-state index contributed by atoms with van der Waals surface area (Å²) in [7, 11) is 0. The fourth-order valence-electron chi connectivity index (χ4n) is 1.78. The van der Waals surface area contributed by atoms with Crippen molar-refractivity contribution in [3.05, 3.63) is 28.8 Å². The van der Waals surface area contributed by atoms with E-state index in [1.54, 1.807) is 0 Å². The minimum atomic E-state index is -0.430. The molecule has 0 aliphatic carbocycles. The van der Waals surface area contributed by atoms with E-state index in [4.69, 9.17) is 5.73 Å². The average molecular weight is 257 g/mol. The second kappa shape index (κ2) is 6.62. The number of hydrogen-bond acceptors (Lipinski definition) is 2. The predicted molar refractivity (Wildman–Crippen MR) is 74.8 cm³/mol. The van der Waals surface area contributed by atoms with Crippen molar-refractivity contribution in [2.75, 3.05) is 5.32 Å². The molecule has 1 atom stereocenters. The highest BCUT2D eigenvalue weighted by Crippen LogP contribution is 2.21. The first kappa shape index (κ1) is 15.9. The van der Waals surface area contributed by atoms with Gasteiger partial charge in [-0.15, -0.1) is 12.4 Å². The molecule has 0 radical (unpaired) electrons. The molecule has 0 heterocycles. The van der Waals surface area contributed by atoms with Gasteiger partial charge in [-0.3, -0.25) is 4.79 Å². The first-order valence-electron chi connectivity index (χ1n) is 5.60. The lowest BCUT2D eigenvalue weighted by Crippen LogP contribution is -2.35. The predicted octanol–water partition coefficient (Wildman–Crippen LogP) is 2.71. The van der Waals surface area contributed by atoms with Crippen LogP contribution in [0.1, 0.15) is 30.0 Å². The van der Waals surface area contributed by atoms with Gasteiger partial charge < -0.3 is 11.1 Å². The SMILES string of the molecule is CC[C@H](N)C(=O)Nc1c(C)cc(C)cc1C.Cl. The van der Waals surface area contributed by atoms with Crippen molar-refractivity contribution in [2.24, 2.45) is 5.73 Å². The summed E-state index contributed by atoms with van der Waals surface area (Å²) < 4.78 is 0. The van der Waals surface area contributed by atoms with E-state index >= 15 is 0 Å². The van der Waals surface area contributed by atoms with E-state index in [1.807, 2.05) is 27.7 Å². The Hall–Kier alpha value is -1.06. The number of hydrogen-bond donors (Lipinski definition) is 2. The number of rotatable bonds is 3. The summed E-state index contributed by atoms with van der Waals surface area (Å²) in [5.41, 5.74) is 9.93. The third-order valence-corrected chi connectivity index (χ3v) is 2.70. The maximum Gasteiger partial charge on any atom is 0.241 e. The van der Waals surface area contributed by atoms with E-state index in [0.29, 0.717) is 6.42 Å². The van der Waals surface area contributed by atoms with Gasteiger partial charge in [-0.2, -0.15) is 0 Å². The first-order valence-corrected chi connectivity index (χ1v) is 5.60. The second-order valence-electron chi connectivity index (χ2n) is 4.28. The Morgan fingerprint density at radius 1 is 1.29 bits per heavy atom. The molecule has 1 aromatic carbocycles. The average Bonchev–Trinajstić information content (AvgIpc) is 2.21. The Bertz CT molecular complexity index is 381. The zero-order chi connectivity index (χ0) is 12.3. The monoisotopic (exact) mass is 256 g/mol. The normalized spacial score (nSPS) is 11.6. The van der Waals surface area contributed by atoms with Crippen LogP contribution in [0.3, 0.4) is 0 Å². The molecule has 0 saturated carbocycles. The maximum absolute atomic E-state index is 11.7. The van der Waals surface area contributed by atoms with Crippen LogP contribution >= 0.6 is 12.4 Å². The molecule has 0 bridgehead atoms. The van der Waals surface area contributed by atoms with Gasteiger partial charge in [0.1, 0.15) is 0 Å². The van der Waals surface area contributed by atoms with Crippen LogP contribution in [0, 0.1) is 20.8 Å². The lowest BCUT2D eigenvalue weighted by Gasteiger charge is -2.15. The molecule has 0 aliphatic heterocycles. The third-order valence-electron chi connectivity index (χ3n) is 2.70. The molecule has 96 valence electrons. The number of aryl methyl sites for hydroxylation is 3. The quantitative estimate of drug-likeness (QED) is 0.874. The van der Waals surface area contributed by atoms with Crippen LogP contribution in [-0.4, -0.2) is 11.9 Å². The zero-order valence-corrected chi connectivity index (χ0v) is 11.6. The van der Waals surface area contributed by atoms with Crippen LogP contribution in [0.25, 0.3) is 0 Å². The largest absolute Gasteiger partial charge is 0.324 e. The van der Waals surface area contributed by atoms with Crippen LogP contribution in [0.2, 0.25) is 0 Å². The third kappa shape index (κ3) is 4.02. The van der Waals surface area contributed by atoms with Gasteiger partial charge in [0, 0.05) is 5.69 Å². The fraction of sp³-hybridized carbons (Fsp3) is 0.462. The molecule has 3 N–H and O–H groups in total. The molecular weight excluding hydrogens is 236 g/mol. The van der Waals surface area contributed by atoms with Gasteiger partial charge in [0.2, 0.25) is 5.91 Å². The molecule has 0 unspecified atom stereocenters. The van der Waals surface area contributed by atoms with E-state index < -0.39 is 6.04 Å². The van der Waals surface area contributed by atoms with Crippen LogP contribution in [-0.2, 0) is 4.79 Å². The van der Waals surface area contributed by atoms with Crippen LogP contribution in [0.15, 0.2) is 12.1 Å². The summed E-state index contributed by atoms with van der Waals surface area (Å²) in [5.74, 6) is -0.113. The van der Waals surface area contributed by atoms with Crippen molar-refractivity contribution in [1.29, 1.82) is 0 Å². The molecule has 17 heavy (non-hydrogen) atoms. The standard InChI is InChI=1S/C13H20N2O.ClH/c1-5-11(14)13(16)15-12-9(3)6-8(2)7-10(12)4;/h6-7,11H,5,14H2,1-4H3,(H,15,16);1H/t11-;/m0./s1. The second-order valence-corrected chi connectivity index (χ2v) is 4.28. The molecule has 3 nitrogen and oxygen atoms in total. The number of nitrogens with two attached hydrogens (primary N) is 1. The van der Waals surface area contributed by atoms with Gasteiger partial charge in [-0.05, 0) is 38.3 Å². The van der Waals surface area contributed by atoms with Gasteiger partial charge in [0.05, 0.1) is 6.04 Å². The summed E-state index contributed by atoms with van der Waals surface area (Å²) in [6, 6.07) is 3.68. The van der Waals surface area contributed by atoms with Crippen LogP contribution in [0.5, 0.6) is 0 Å². The van der Waals surface area contributed by atoms with Gasteiger partial charge in [0.25, 0.3) is 0 Å². The number of halogens is 1. The van der Waals surface area contributed by atoms with Crippen LogP contribution < -0.4 is 11.1 Å². The molecule has 0 fully saturated rings. The van der Waals surface area contributed by atoms with E-state index in [9.17, 15) is 4.79 Å². The summed E-state index contributed by atoms with van der Waals surface area (Å²) in [5, 5.41) is 2.89. The molecule has 0 aliphatic rings.